The summed E-state index contributed by atoms with van der Waals surface area (Å²) in [5.41, 5.74) is 7.10. The number of nitrogens with two attached hydrogens (primary N) is 1. The zero-order chi connectivity index (χ0) is 13.7. The first-order chi connectivity index (χ1) is 9.19. The first-order valence-corrected chi connectivity index (χ1v) is 6.36. The van der Waals surface area contributed by atoms with Crippen LogP contribution in [0.2, 0.25) is 0 Å². The number of ether oxygens (including phenoxy) is 4. The van der Waals surface area contributed by atoms with Crippen molar-refractivity contribution in [3.63, 3.8) is 0 Å². The van der Waals surface area contributed by atoms with E-state index in [4.69, 9.17) is 24.7 Å². The molecule has 1 fully saturated rings. The van der Waals surface area contributed by atoms with Gasteiger partial charge < -0.3 is 24.7 Å². The molecule has 0 radical (unpaired) electrons. The zero-order valence-corrected chi connectivity index (χ0v) is 11.5. The Kier molecular flexibility index (Phi) is 4.63. The lowest BCUT2D eigenvalue weighted by atomic mass is 9.72. The molecule has 0 aliphatic heterocycles. The van der Waals surface area contributed by atoms with Crippen molar-refractivity contribution in [2.45, 2.75) is 24.8 Å². The van der Waals surface area contributed by atoms with Crippen LogP contribution in [0.3, 0.4) is 0 Å². The Morgan fingerprint density at radius 1 is 1.11 bits per heavy atom. The third-order valence-corrected chi connectivity index (χ3v) is 3.41. The van der Waals surface area contributed by atoms with E-state index in [1.54, 1.807) is 14.2 Å². The van der Waals surface area contributed by atoms with Gasteiger partial charge in [0, 0.05) is 31.4 Å². The Labute approximate surface area is 113 Å². The number of rotatable bonds is 7. The summed E-state index contributed by atoms with van der Waals surface area (Å²) in [6.07, 6.45) is 3.12. The van der Waals surface area contributed by atoms with E-state index in [9.17, 15) is 0 Å². The van der Waals surface area contributed by atoms with Gasteiger partial charge in [-0.25, -0.2) is 0 Å². The quantitative estimate of drug-likeness (QED) is 0.765. The fraction of sp³-hybridized carbons (Fsp3) is 0.571. The predicted molar refractivity (Wildman–Crippen MR) is 71.2 cm³/mol. The summed E-state index contributed by atoms with van der Waals surface area (Å²) >= 11 is 0. The lowest BCUT2D eigenvalue weighted by Gasteiger charge is -2.39. The molecule has 0 spiro atoms. The second kappa shape index (κ2) is 6.23. The van der Waals surface area contributed by atoms with E-state index < -0.39 is 0 Å². The van der Waals surface area contributed by atoms with Crippen LogP contribution in [0.5, 0.6) is 11.5 Å². The van der Waals surface area contributed by atoms with Crippen LogP contribution in [0.1, 0.15) is 24.8 Å². The molecule has 1 aromatic rings. The van der Waals surface area contributed by atoms with Crippen molar-refractivity contribution in [1.29, 1.82) is 0 Å². The van der Waals surface area contributed by atoms with Crippen molar-refractivity contribution in [2.24, 2.45) is 5.73 Å². The van der Waals surface area contributed by atoms with Crippen LogP contribution < -0.4 is 15.2 Å². The normalized spacial score (nSPS) is 16.8. The molecule has 5 nitrogen and oxygen atoms in total. The van der Waals surface area contributed by atoms with Crippen LogP contribution in [0.15, 0.2) is 18.2 Å². The van der Waals surface area contributed by atoms with Gasteiger partial charge in [-0.05, 0) is 31.4 Å². The van der Waals surface area contributed by atoms with Crippen LogP contribution in [-0.2, 0) is 15.0 Å². The summed E-state index contributed by atoms with van der Waals surface area (Å²) in [6.45, 7) is 0.396. The molecular weight excluding hydrogens is 246 g/mol. The summed E-state index contributed by atoms with van der Waals surface area (Å²) in [5.74, 6) is 1.41. The van der Waals surface area contributed by atoms with Gasteiger partial charge in [-0.2, -0.15) is 0 Å². The first kappa shape index (κ1) is 14.1. The average molecular weight is 267 g/mol. The monoisotopic (exact) mass is 267 g/mol. The highest BCUT2D eigenvalue weighted by molar-refractivity contribution is 5.45. The van der Waals surface area contributed by atoms with E-state index in [1.807, 2.05) is 18.2 Å². The Bertz CT molecular complexity index is 418. The van der Waals surface area contributed by atoms with Crippen molar-refractivity contribution in [3.8, 4) is 11.5 Å². The van der Waals surface area contributed by atoms with Crippen molar-refractivity contribution < 1.29 is 18.9 Å². The minimum Gasteiger partial charge on any atom is -0.467 e. The van der Waals surface area contributed by atoms with E-state index in [0.717, 1.165) is 30.6 Å². The molecule has 0 amide bonds. The second-order valence-corrected chi connectivity index (χ2v) is 4.77. The Balaban J connectivity index is 2.20. The van der Waals surface area contributed by atoms with Gasteiger partial charge in [0.2, 0.25) is 0 Å². The lowest BCUT2D eigenvalue weighted by Crippen LogP contribution is -2.43. The Morgan fingerprint density at radius 3 is 2.37 bits per heavy atom. The topological polar surface area (TPSA) is 62.9 Å². The van der Waals surface area contributed by atoms with Crippen LogP contribution in [-0.4, -0.2) is 27.8 Å². The molecule has 1 aliphatic carbocycles. The number of hydrogen-bond donors (Lipinski definition) is 1. The minimum absolute atomic E-state index is 0.191. The van der Waals surface area contributed by atoms with Crippen molar-refractivity contribution in [1.82, 2.24) is 0 Å². The van der Waals surface area contributed by atoms with Crippen LogP contribution in [0.25, 0.3) is 0 Å². The van der Waals surface area contributed by atoms with Gasteiger partial charge in [0.25, 0.3) is 0 Å². The van der Waals surface area contributed by atoms with E-state index in [0.29, 0.717) is 5.75 Å². The maximum absolute atomic E-state index is 6.36. The molecule has 2 N–H and O–H groups in total. The molecule has 0 atom stereocenters. The predicted octanol–water partition coefficient (Wildman–Crippen LogP) is 1.99. The molecule has 0 saturated heterocycles. The van der Waals surface area contributed by atoms with Crippen LogP contribution >= 0.6 is 0 Å². The molecule has 0 bridgehead atoms. The highest BCUT2D eigenvalue weighted by Gasteiger charge is 2.36. The molecule has 1 saturated carbocycles. The fourth-order valence-corrected chi connectivity index (χ4v) is 2.20. The molecule has 0 unspecified atom stereocenters. The molecule has 106 valence electrons. The molecule has 2 rings (SSSR count). The fourth-order valence-electron chi connectivity index (χ4n) is 2.20. The SMILES string of the molecule is COCOc1ccc(C2(N)CCC2)c(OCOC)c1. The Morgan fingerprint density at radius 2 is 1.79 bits per heavy atom. The summed E-state index contributed by atoms with van der Waals surface area (Å²) in [5, 5.41) is 0. The summed E-state index contributed by atoms with van der Waals surface area (Å²) in [6, 6.07) is 5.69. The van der Waals surface area contributed by atoms with Gasteiger partial charge in [-0.3, -0.25) is 0 Å². The van der Waals surface area contributed by atoms with Crippen molar-refractivity contribution in [3.05, 3.63) is 23.8 Å². The minimum atomic E-state index is -0.275. The number of methoxy groups -OCH3 is 2. The van der Waals surface area contributed by atoms with E-state index in [-0.39, 0.29) is 19.1 Å². The molecule has 1 aliphatic rings. The van der Waals surface area contributed by atoms with Gasteiger partial charge in [0.1, 0.15) is 11.5 Å². The van der Waals surface area contributed by atoms with E-state index in [2.05, 4.69) is 0 Å². The molecule has 19 heavy (non-hydrogen) atoms. The summed E-state index contributed by atoms with van der Waals surface area (Å²) in [7, 11) is 3.17. The zero-order valence-electron chi connectivity index (χ0n) is 11.5. The largest absolute Gasteiger partial charge is 0.467 e. The lowest BCUT2D eigenvalue weighted by molar-refractivity contribution is 0.0442. The molecule has 0 aromatic heterocycles. The van der Waals surface area contributed by atoms with E-state index in [1.165, 1.54) is 0 Å². The van der Waals surface area contributed by atoms with Gasteiger partial charge in [-0.15, -0.1) is 0 Å². The molecule has 0 heterocycles. The molecule has 5 heteroatoms. The van der Waals surface area contributed by atoms with Gasteiger partial charge in [0.05, 0.1) is 0 Å². The summed E-state index contributed by atoms with van der Waals surface area (Å²) < 4.78 is 20.9. The summed E-state index contributed by atoms with van der Waals surface area (Å²) in [4.78, 5) is 0. The number of benzene rings is 1. The standard InChI is InChI=1S/C14H21NO4/c1-16-9-18-11-4-5-12(14(15)6-3-7-14)13(8-11)19-10-17-2/h4-5,8H,3,6-7,9-10,15H2,1-2H3. The van der Waals surface area contributed by atoms with Crippen LogP contribution in [0, 0.1) is 0 Å². The smallest absolute Gasteiger partial charge is 0.188 e. The molecule has 1 aromatic carbocycles. The molecular formula is C14H21NO4. The van der Waals surface area contributed by atoms with Crippen molar-refractivity contribution >= 4 is 0 Å². The number of hydrogen-bond acceptors (Lipinski definition) is 5. The van der Waals surface area contributed by atoms with E-state index >= 15 is 0 Å². The maximum atomic E-state index is 6.36. The highest BCUT2D eigenvalue weighted by atomic mass is 16.7. The van der Waals surface area contributed by atoms with Crippen LogP contribution in [0.4, 0.5) is 0 Å². The van der Waals surface area contributed by atoms with Gasteiger partial charge >= 0.3 is 0 Å². The third-order valence-electron chi connectivity index (χ3n) is 3.41. The third kappa shape index (κ3) is 3.18. The Hall–Kier alpha value is -1.30. The first-order valence-electron chi connectivity index (χ1n) is 6.36. The average Bonchev–Trinajstić information content (AvgIpc) is 2.40. The van der Waals surface area contributed by atoms with Gasteiger partial charge in [0.15, 0.2) is 13.6 Å². The van der Waals surface area contributed by atoms with Crippen molar-refractivity contribution in [2.75, 3.05) is 27.8 Å². The highest BCUT2D eigenvalue weighted by Crippen LogP contribution is 2.43. The second-order valence-electron chi connectivity index (χ2n) is 4.77. The maximum Gasteiger partial charge on any atom is 0.188 e. The van der Waals surface area contributed by atoms with Gasteiger partial charge in [-0.1, -0.05) is 0 Å².